The zero-order valence-corrected chi connectivity index (χ0v) is 12.7. The SMILES string of the molecule is O=C(Nc1cccc2cn[nH]c12)c1cn(Cc2ccccc2)nn1. The van der Waals surface area contributed by atoms with Gasteiger partial charge in [0.2, 0.25) is 0 Å². The van der Waals surface area contributed by atoms with Gasteiger partial charge in [0.15, 0.2) is 5.69 Å². The Kier molecular flexibility index (Phi) is 3.51. The van der Waals surface area contributed by atoms with E-state index in [0.717, 1.165) is 16.5 Å². The van der Waals surface area contributed by atoms with Gasteiger partial charge in [-0.25, -0.2) is 4.68 Å². The zero-order valence-electron chi connectivity index (χ0n) is 12.7. The van der Waals surface area contributed by atoms with Crippen LogP contribution in [0.1, 0.15) is 16.1 Å². The number of anilines is 1. The smallest absolute Gasteiger partial charge is 0.277 e. The molecule has 7 heteroatoms. The van der Waals surface area contributed by atoms with E-state index in [1.807, 2.05) is 48.5 Å². The van der Waals surface area contributed by atoms with Crippen LogP contribution >= 0.6 is 0 Å². The molecule has 2 heterocycles. The lowest BCUT2D eigenvalue weighted by molar-refractivity contribution is 0.102. The van der Waals surface area contributed by atoms with Crippen molar-refractivity contribution < 1.29 is 4.79 Å². The van der Waals surface area contributed by atoms with Gasteiger partial charge in [-0.1, -0.05) is 47.7 Å². The molecule has 0 fully saturated rings. The normalized spacial score (nSPS) is 10.8. The largest absolute Gasteiger partial charge is 0.319 e. The maximum atomic E-state index is 12.4. The van der Waals surface area contributed by atoms with Gasteiger partial charge in [0.1, 0.15) is 0 Å². The Balaban J connectivity index is 1.52. The summed E-state index contributed by atoms with van der Waals surface area (Å²) in [5.74, 6) is -0.309. The Morgan fingerprint density at radius 2 is 2.00 bits per heavy atom. The Hall–Kier alpha value is -3.48. The number of carbonyl (C=O) groups excluding carboxylic acids is 1. The molecular formula is C17H14N6O. The first kappa shape index (κ1) is 14.1. The Morgan fingerprint density at radius 3 is 2.88 bits per heavy atom. The predicted octanol–water partition coefficient (Wildman–Crippen LogP) is 2.46. The highest BCUT2D eigenvalue weighted by molar-refractivity contribution is 6.07. The number of amides is 1. The minimum atomic E-state index is -0.309. The third-order valence-electron chi connectivity index (χ3n) is 3.68. The summed E-state index contributed by atoms with van der Waals surface area (Å²) in [5, 5.41) is 18.6. The number of nitrogens with one attached hydrogen (secondary N) is 2. The number of carbonyl (C=O) groups is 1. The molecule has 4 aromatic rings. The molecule has 2 aromatic carbocycles. The lowest BCUT2D eigenvalue weighted by Crippen LogP contribution is -2.12. The van der Waals surface area contributed by atoms with E-state index in [4.69, 9.17) is 0 Å². The number of rotatable bonds is 4. The molecule has 0 bridgehead atoms. The second kappa shape index (κ2) is 5.96. The molecule has 7 nitrogen and oxygen atoms in total. The fourth-order valence-corrected chi connectivity index (χ4v) is 2.51. The molecule has 118 valence electrons. The van der Waals surface area contributed by atoms with Crippen LogP contribution in [0.15, 0.2) is 60.9 Å². The van der Waals surface area contributed by atoms with Crippen molar-refractivity contribution in [1.29, 1.82) is 0 Å². The van der Waals surface area contributed by atoms with Crippen molar-refractivity contribution in [2.45, 2.75) is 6.54 Å². The summed E-state index contributed by atoms with van der Waals surface area (Å²) in [7, 11) is 0. The van der Waals surface area contributed by atoms with E-state index >= 15 is 0 Å². The molecule has 0 atom stereocenters. The zero-order chi connectivity index (χ0) is 16.4. The standard InChI is InChI=1S/C17H14N6O/c24-17(19-14-8-4-7-13-9-18-21-16(13)14)15-11-23(22-20-15)10-12-5-2-1-3-6-12/h1-9,11H,10H2,(H,18,21)(H,19,24). The third-order valence-corrected chi connectivity index (χ3v) is 3.68. The van der Waals surface area contributed by atoms with Crippen molar-refractivity contribution in [2.24, 2.45) is 0 Å². The molecule has 4 rings (SSSR count). The molecule has 2 aromatic heterocycles. The van der Waals surface area contributed by atoms with E-state index in [0.29, 0.717) is 12.2 Å². The van der Waals surface area contributed by atoms with E-state index in [1.54, 1.807) is 17.1 Å². The van der Waals surface area contributed by atoms with E-state index < -0.39 is 0 Å². The van der Waals surface area contributed by atoms with Crippen LogP contribution in [-0.2, 0) is 6.54 Å². The highest BCUT2D eigenvalue weighted by Crippen LogP contribution is 2.20. The monoisotopic (exact) mass is 318 g/mol. The number of para-hydroxylation sites is 1. The summed E-state index contributed by atoms with van der Waals surface area (Å²) >= 11 is 0. The van der Waals surface area contributed by atoms with Gasteiger partial charge in [-0.3, -0.25) is 9.89 Å². The Labute approximate surface area is 137 Å². The van der Waals surface area contributed by atoms with Crippen molar-refractivity contribution in [3.63, 3.8) is 0 Å². The van der Waals surface area contributed by atoms with Gasteiger partial charge in [0.05, 0.1) is 30.1 Å². The number of H-pyrrole nitrogens is 1. The molecular weight excluding hydrogens is 304 g/mol. The summed E-state index contributed by atoms with van der Waals surface area (Å²) in [4.78, 5) is 12.4. The van der Waals surface area contributed by atoms with Gasteiger partial charge >= 0.3 is 0 Å². The average Bonchev–Trinajstić information content (AvgIpc) is 3.25. The molecule has 0 aliphatic carbocycles. The first-order valence-corrected chi connectivity index (χ1v) is 7.47. The first-order chi connectivity index (χ1) is 11.8. The number of aromatic amines is 1. The van der Waals surface area contributed by atoms with E-state index in [2.05, 4.69) is 25.8 Å². The average molecular weight is 318 g/mol. The summed E-state index contributed by atoms with van der Waals surface area (Å²) in [6, 6.07) is 15.5. The maximum absolute atomic E-state index is 12.4. The van der Waals surface area contributed by atoms with E-state index in [9.17, 15) is 4.79 Å². The minimum absolute atomic E-state index is 0.266. The highest BCUT2D eigenvalue weighted by atomic mass is 16.2. The molecule has 0 aliphatic heterocycles. The topological polar surface area (TPSA) is 88.5 Å². The molecule has 0 saturated carbocycles. The lowest BCUT2D eigenvalue weighted by Gasteiger charge is -2.03. The summed E-state index contributed by atoms with van der Waals surface area (Å²) < 4.78 is 1.64. The maximum Gasteiger partial charge on any atom is 0.277 e. The minimum Gasteiger partial charge on any atom is -0.319 e. The number of fused-ring (bicyclic) bond motifs is 1. The fraction of sp³-hybridized carbons (Fsp3) is 0.0588. The number of hydrogen-bond donors (Lipinski definition) is 2. The molecule has 1 amide bonds. The Bertz CT molecular complexity index is 988. The van der Waals surface area contributed by atoms with Crippen LogP contribution < -0.4 is 5.32 Å². The van der Waals surface area contributed by atoms with Crippen LogP contribution in [0.2, 0.25) is 0 Å². The summed E-state index contributed by atoms with van der Waals surface area (Å²) in [6.45, 7) is 0.567. The molecule has 0 saturated heterocycles. The molecule has 0 radical (unpaired) electrons. The van der Waals surface area contributed by atoms with E-state index in [1.165, 1.54) is 0 Å². The van der Waals surface area contributed by atoms with Gasteiger partial charge in [-0.05, 0) is 11.6 Å². The van der Waals surface area contributed by atoms with Crippen LogP contribution in [0.25, 0.3) is 10.9 Å². The Morgan fingerprint density at radius 1 is 1.12 bits per heavy atom. The van der Waals surface area contributed by atoms with Crippen LogP contribution in [0, 0.1) is 0 Å². The van der Waals surface area contributed by atoms with Gasteiger partial charge < -0.3 is 5.32 Å². The second-order valence-corrected chi connectivity index (χ2v) is 5.38. The van der Waals surface area contributed by atoms with Crippen molar-refractivity contribution in [1.82, 2.24) is 25.2 Å². The summed E-state index contributed by atoms with van der Waals surface area (Å²) in [5.41, 5.74) is 2.80. The van der Waals surface area contributed by atoms with Crippen molar-refractivity contribution in [2.75, 3.05) is 5.32 Å². The molecule has 24 heavy (non-hydrogen) atoms. The molecule has 0 aliphatic rings. The number of hydrogen-bond acceptors (Lipinski definition) is 4. The number of aromatic nitrogens is 5. The van der Waals surface area contributed by atoms with Crippen molar-refractivity contribution >= 4 is 22.5 Å². The van der Waals surface area contributed by atoms with Crippen LogP contribution in [0.3, 0.4) is 0 Å². The van der Waals surface area contributed by atoms with Crippen LogP contribution in [-0.4, -0.2) is 31.1 Å². The molecule has 2 N–H and O–H groups in total. The second-order valence-electron chi connectivity index (χ2n) is 5.38. The summed E-state index contributed by atoms with van der Waals surface area (Å²) in [6.07, 6.45) is 3.34. The van der Waals surface area contributed by atoms with Gasteiger partial charge in [0, 0.05) is 5.39 Å². The van der Waals surface area contributed by atoms with Gasteiger partial charge in [-0.15, -0.1) is 5.10 Å². The van der Waals surface area contributed by atoms with Crippen molar-refractivity contribution in [3.05, 3.63) is 72.2 Å². The predicted molar refractivity (Wildman–Crippen MR) is 89.6 cm³/mol. The van der Waals surface area contributed by atoms with Gasteiger partial charge in [-0.2, -0.15) is 5.10 Å². The third kappa shape index (κ3) is 2.74. The quantitative estimate of drug-likeness (QED) is 0.605. The van der Waals surface area contributed by atoms with Crippen LogP contribution in [0.5, 0.6) is 0 Å². The van der Waals surface area contributed by atoms with Crippen molar-refractivity contribution in [3.8, 4) is 0 Å². The lowest BCUT2D eigenvalue weighted by atomic mass is 10.2. The highest BCUT2D eigenvalue weighted by Gasteiger charge is 2.13. The number of benzene rings is 2. The molecule has 0 unspecified atom stereocenters. The van der Waals surface area contributed by atoms with Gasteiger partial charge in [0.25, 0.3) is 5.91 Å². The fourth-order valence-electron chi connectivity index (χ4n) is 2.51. The van der Waals surface area contributed by atoms with Crippen LogP contribution in [0.4, 0.5) is 5.69 Å². The first-order valence-electron chi connectivity index (χ1n) is 7.47. The number of nitrogens with zero attached hydrogens (tertiary/aromatic N) is 4. The van der Waals surface area contributed by atoms with E-state index in [-0.39, 0.29) is 11.6 Å². The molecule has 0 spiro atoms.